The SMILES string of the molecule is Cc1nc(COc2ccc(F)cc2)sc1C(=O)NC(c1ccccc1)c1ccccc1. The second kappa shape index (κ2) is 9.53. The zero-order valence-electron chi connectivity index (χ0n) is 16.9. The van der Waals surface area contributed by atoms with Crippen molar-refractivity contribution < 1.29 is 13.9 Å². The quantitative estimate of drug-likeness (QED) is 0.408. The number of aryl methyl sites for hydroxylation is 1. The van der Waals surface area contributed by atoms with Crippen molar-refractivity contribution in [1.29, 1.82) is 0 Å². The molecule has 156 valence electrons. The van der Waals surface area contributed by atoms with E-state index >= 15 is 0 Å². The summed E-state index contributed by atoms with van der Waals surface area (Å²) in [5.74, 6) is 0.0528. The summed E-state index contributed by atoms with van der Waals surface area (Å²) in [6.45, 7) is 2.03. The number of amides is 1. The first-order valence-electron chi connectivity index (χ1n) is 9.85. The summed E-state index contributed by atoms with van der Waals surface area (Å²) in [6.07, 6.45) is 0. The minimum absolute atomic E-state index is 0.180. The lowest BCUT2D eigenvalue weighted by atomic mass is 9.98. The van der Waals surface area contributed by atoms with Gasteiger partial charge >= 0.3 is 0 Å². The molecule has 0 unspecified atom stereocenters. The highest BCUT2D eigenvalue weighted by molar-refractivity contribution is 7.13. The van der Waals surface area contributed by atoms with E-state index in [2.05, 4.69) is 10.3 Å². The zero-order chi connectivity index (χ0) is 21.6. The van der Waals surface area contributed by atoms with Crippen molar-refractivity contribution in [3.63, 3.8) is 0 Å². The molecular weight excluding hydrogens is 411 g/mol. The van der Waals surface area contributed by atoms with Gasteiger partial charge in [-0.15, -0.1) is 11.3 Å². The summed E-state index contributed by atoms with van der Waals surface area (Å²) in [5, 5.41) is 3.83. The molecule has 0 atom stereocenters. The van der Waals surface area contributed by atoms with Crippen LogP contribution in [0, 0.1) is 12.7 Å². The van der Waals surface area contributed by atoms with E-state index < -0.39 is 0 Å². The molecule has 0 aliphatic heterocycles. The van der Waals surface area contributed by atoms with Crippen LogP contribution < -0.4 is 10.1 Å². The fourth-order valence-corrected chi connectivity index (χ4v) is 4.13. The topological polar surface area (TPSA) is 51.2 Å². The number of rotatable bonds is 7. The molecule has 0 radical (unpaired) electrons. The number of benzene rings is 3. The van der Waals surface area contributed by atoms with Gasteiger partial charge in [0.05, 0.1) is 11.7 Å². The Morgan fingerprint density at radius 3 is 2.13 bits per heavy atom. The number of thiazole rings is 1. The molecule has 0 saturated carbocycles. The molecule has 0 saturated heterocycles. The van der Waals surface area contributed by atoms with Crippen molar-refractivity contribution in [2.75, 3.05) is 0 Å². The van der Waals surface area contributed by atoms with E-state index in [1.165, 1.54) is 23.5 Å². The second-order valence-corrected chi connectivity index (χ2v) is 8.08. The Morgan fingerprint density at radius 2 is 1.55 bits per heavy atom. The first kappa shape index (κ1) is 20.8. The molecule has 4 rings (SSSR count). The summed E-state index contributed by atoms with van der Waals surface area (Å²) in [4.78, 5) is 18.2. The van der Waals surface area contributed by atoms with E-state index in [0.29, 0.717) is 21.3 Å². The third kappa shape index (κ3) is 5.16. The van der Waals surface area contributed by atoms with Gasteiger partial charge in [0.25, 0.3) is 5.91 Å². The molecule has 6 heteroatoms. The number of carbonyl (C=O) groups is 1. The highest BCUT2D eigenvalue weighted by Gasteiger charge is 2.21. The van der Waals surface area contributed by atoms with Gasteiger partial charge in [-0.25, -0.2) is 9.37 Å². The molecule has 4 aromatic rings. The lowest BCUT2D eigenvalue weighted by Crippen LogP contribution is -2.29. The second-order valence-electron chi connectivity index (χ2n) is 6.99. The Kier molecular flexibility index (Phi) is 6.38. The van der Waals surface area contributed by atoms with Gasteiger partial charge in [0.2, 0.25) is 0 Å². The molecule has 31 heavy (non-hydrogen) atoms. The van der Waals surface area contributed by atoms with Gasteiger partial charge < -0.3 is 10.1 Å². The fourth-order valence-electron chi connectivity index (χ4n) is 3.25. The number of nitrogens with zero attached hydrogens (tertiary/aromatic N) is 1. The standard InChI is InChI=1S/C25H21FN2O2S/c1-17-24(31-22(27-17)16-30-21-14-12-20(26)13-15-21)25(29)28-23(18-8-4-2-5-9-18)19-10-6-3-7-11-19/h2-15,23H,16H2,1H3,(H,28,29). The van der Waals surface area contributed by atoms with Crippen LogP contribution in [0.4, 0.5) is 4.39 Å². The molecular formula is C25H21FN2O2S. The van der Waals surface area contributed by atoms with Crippen LogP contribution in [-0.4, -0.2) is 10.9 Å². The molecule has 1 N–H and O–H groups in total. The predicted octanol–water partition coefficient (Wildman–Crippen LogP) is 5.69. The van der Waals surface area contributed by atoms with E-state index in [-0.39, 0.29) is 24.4 Å². The number of nitrogens with one attached hydrogen (secondary N) is 1. The minimum Gasteiger partial charge on any atom is -0.486 e. The van der Waals surface area contributed by atoms with Gasteiger partial charge in [-0.05, 0) is 42.3 Å². The minimum atomic E-state index is -0.317. The fraction of sp³-hybridized carbons (Fsp3) is 0.120. The van der Waals surface area contributed by atoms with Gasteiger partial charge in [0.1, 0.15) is 28.1 Å². The maximum absolute atomic E-state index is 13.1. The van der Waals surface area contributed by atoms with Crippen LogP contribution >= 0.6 is 11.3 Å². The molecule has 1 heterocycles. The highest BCUT2D eigenvalue weighted by atomic mass is 32.1. The average molecular weight is 433 g/mol. The molecule has 0 fully saturated rings. The van der Waals surface area contributed by atoms with Crippen LogP contribution in [0.5, 0.6) is 5.75 Å². The smallest absolute Gasteiger partial charge is 0.264 e. The molecule has 1 amide bonds. The average Bonchev–Trinajstić information content (AvgIpc) is 3.19. The van der Waals surface area contributed by atoms with Crippen molar-refractivity contribution in [1.82, 2.24) is 10.3 Å². The molecule has 0 aliphatic rings. The van der Waals surface area contributed by atoms with Crippen molar-refractivity contribution >= 4 is 17.2 Å². The summed E-state index contributed by atoms with van der Waals surface area (Å²) in [5.41, 5.74) is 2.66. The first-order valence-corrected chi connectivity index (χ1v) is 10.7. The van der Waals surface area contributed by atoms with Gasteiger partial charge in [0, 0.05) is 0 Å². The van der Waals surface area contributed by atoms with Gasteiger partial charge in [0.15, 0.2) is 0 Å². The van der Waals surface area contributed by atoms with Crippen LogP contribution in [0.15, 0.2) is 84.9 Å². The lowest BCUT2D eigenvalue weighted by molar-refractivity contribution is 0.0946. The molecule has 0 spiro atoms. The predicted molar refractivity (Wildman–Crippen MR) is 120 cm³/mol. The third-order valence-corrected chi connectivity index (χ3v) is 5.89. The maximum Gasteiger partial charge on any atom is 0.264 e. The number of aromatic nitrogens is 1. The van der Waals surface area contributed by atoms with Crippen molar-refractivity contribution in [2.24, 2.45) is 0 Å². The number of hydrogen-bond donors (Lipinski definition) is 1. The van der Waals surface area contributed by atoms with Gasteiger partial charge in [-0.2, -0.15) is 0 Å². The maximum atomic E-state index is 13.1. The van der Waals surface area contributed by atoms with E-state index in [0.717, 1.165) is 11.1 Å². The van der Waals surface area contributed by atoms with Crippen molar-refractivity contribution in [2.45, 2.75) is 19.6 Å². The van der Waals surface area contributed by atoms with Crippen LogP contribution in [0.25, 0.3) is 0 Å². The Balaban J connectivity index is 1.51. The Morgan fingerprint density at radius 1 is 0.968 bits per heavy atom. The van der Waals surface area contributed by atoms with Gasteiger partial charge in [-0.1, -0.05) is 60.7 Å². The Hall–Kier alpha value is -3.51. The largest absolute Gasteiger partial charge is 0.486 e. The molecule has 4 nitrogen and oxygen atoms in total. The van der Waals surface area contributed by atoms with E-state index in [4.69, 9.17) is 4.74 Å². The summed E-state index contributed by atoms with van der Waals surface area (Å²) >= 11 is 1.30. The van der Waals surface area contributed by atoms with Crippen LogP contribution in [0.2, 0.25) is 0 Å². The summed E-state index contributed by atoms with van der Waals surface area (Å²) in [6, 6.07) is 25.3. The van der Waals surface area contributed by atoms with Crippen molar-refractivity contribution in [3.8, 4) is 5.75 Å². The number of halogens is 1. The molecule has 1 aromatic heterocycles. The molecule has 0 bridgehead atoms. The third-order valence-electron chi connectivity index (χ3n) is 4.76. The number of carbonyl (C=O) groups excluding carboxylic acids is 1. The molecule has 3 aromatic carbocycles. The van der Waals surface area contributed by atoms with E-state index in [9.17, 15) is 9.18 Å². The van der Waals surface area contributed by atoms with Crippen LogP contribution in [0.3, 0.4) is 0 Å². The van der Waals surface area contributed by atoms with Crippen LogP contribution in [-0.2, 0) is 6.61 Å². The van der Waals surface area contributed by atoms with E-state index in [1.54, 1.807) is 12.1 Å². The monoisotopic (exact) mass is 432 g/mol. The molecule has 0 aliphatic carbocycles. The number of hydrogen-bond acceptors (Lipinski definition) is 4. The van der Waals surface area contributed by atoms with E-state index in [1.807, 2.05) is 67.6 Å². The lowest BCUT2D eigenvalue weighted by Gasteiger charge is -2.19. The van der Waals surface area contributed by atoms with Crippen molar-refractivity contribution in [3.05, 3.63) is 117 Å². The normalized spacial score (nSPS) is 10.8. The number of ether oxygens (including phenoxy) is 1. The zero-order valence-corrected chi connectivity index (χ0v) is 17.7. The summed E-state index contributed by atoms with van der Waals surface area (Å²) < 4.78 is 18.7. The highest BCUT2D eigenvalue weighted by Crippen LogP contribution is 2.25. The van der Waals surface area contributed by atoms with Gasteiger partial charge in [-0.3, -0.25) is 4.79 Å². The Bertz CT molecular complexity index is 1110. The van der Waals surface area contributed by atoms with Crippen LogP contribution in [0.1, 0.15) is 37.5 Å². The first-order chi connectivity index (χ1) is 15.1. The summed E-state index contributed by atoms with van der Waals surface area (Å²) in [7, 11) is 0. The Labute approximate surface area is 184 Å².